The SMILES string of the molecule is CC1(C)[CH]c2ccc(-c3cn4ccnc4c(Nc4ccc(N5CCOCC5)cc4)n3)cc2N1. The van der Waals surface area contributed by atoms with Gasteiger partial charge in [0.05, 0.1) is 18.9 Å². The summed E-state index contributed by atoms with van der Waals surface area (Å²) in [4.78, 5) is 11.8. The minimum Gasteiger partial charge on any atom is -0.379 e. The highest BCUT2D eigenvalue weighted by Crippen LogP contribution is 2.36. The second-order valence-corrected chi connectivity index (χ2v) is 9.20. The molecule has 2 aliphatic rings. The number of hydrogen-bond donors (Lipinski definition) is 2. The summed E-state index contributed by atoms with van der Waals surface area (Å²) in [5, 5.41) is 7.05. The van der Waals surface area contributed by atoms with E-state index in [1.807, 2.05) is 16.8 Å². The van der Waals surface area contributed by atoms with E-state index in [4.69, 9.17) is 9.72 Å². The number of benzene rings is 2. The van der Waals surface area contributed by atoms with Crippen molar-refractivity contribution in [1.29, 1.82) is 0 Å². The van der Waals surface area contributed by atoms with Gasteiger partial charge in [-0.3, -0.25) is 0 Å². The summed E-state index contributed by atoms with van der Waals surface area (Å²) < 4.78 is 7.48. The van der Waals surface area contributed by atoms with Gasteiger partial charge in [0.25, 0.3) is 0 Å². The molecule has 2 aromatic heterocycles. The number of nitrogens with zero attached hydrogens (tertiary/aromatic N) is 4. The van der Waals surface area contributed by atoms with Gasteiger partial charge in [-0.25, -0.2) is 9.97 Å². The second kappa shape index (κ2) is 7.78. The predicted molar refractivity (Wildman–Crippen MR) is 132 cm³/mol. The Balaban J connectivity index is 1.31. The molecule has 2 aliphatic heterocycles. The molecule has 0 atom stereocenters. The topological polar surface area (TPSA) is 66.7 Å². The fraction of sp³-hybridized carbons (Fsp3) is 0.269. The maximum atomic E-state index is 5.46. The summed E-state index contributed by atoms with van der Waals surface area (Å²) in [6.45, 7) is 7.76. The van der Waals surface area contributed by atoms with Gasteiger partial charge in [0.1, 0.15) is 0 Å². The molecule has 2 aromatic carbocycles. The number of rotatable bonds is 4. The quantitative estimate of drug-likeness (QED) is 0.479. The highest BCUT2D eigenvalue weighted by atomic mass is 16.5. The molecule has 1 saturated heterocycles. The monoisotopic (exact) mass is 439 g/mol. The van der Waals surface area contributed by atoms with Crippen LogP contribution in [0.1, 0.15) is 19.4 Å². The van der Waals surface area contributed by atoms with Crippen LogP contribution in [0.3, 0.4) is 0 Å². The zero-order valence-corrected chi connectivity index (χ0v) is 18.9. The molecular formula is C26H27N6O. The van der Waals surface area contributed by atoms with Gasteiger partial charge in [-0.05, 0) is 49.7 Å². The molecule has 7 nitrogen and oxygen atoms in total. The molecule has 33 heavy (non-hydrogen) atoms. The Morgan fingerprint density at radius 1 is 1.06 bits per heavy atom. The van der Waals surface area contributed by atoms with Crippen molar-refractivity contribution in [1.82, 2.24) is 14.4 Å². The van der Waals surface area contributed by atoms with Crippen molar-refractivity contribution < 1.29 is 4.74 Å². The zero-order valence-electron chi connectivity index (χ0n) is 18.9. The first kappa shape index (κ1) is 20.1. The number of morpholine rings is 1. The first-order valence-corrected chi connectivity index (χ1v) is 11.4. The van der Waals surface area contributed by atoms with Crippen LogP contribution in [0, 0.1) is 6.42 Å². The number of anilines is 4. The molecule has 1 radical (unpaired) electrons. The Labute approximate surface area is 193 Å². The first-order chi connectivity index (χ1) is 16.0. The van der Waals surface area contributed by atoms with E-state index < -0.39 is 0 Å². The van der Waals surface area contributed by atoms with Crippen LogP contribution in [0.15, 0.2) is 61.1 Å². The fourth-order valence-corrected chi connectivity index (χ4v) is 4.59. The van der Waals surface area contributed by atoms with Gasteiger partial charge < -0.3 is 24.7 Å². The Hall–Kier alpha value is -3.58. The van der Waals surface area contributed by atoms with Gasteiger partial charge in [-0.15, -0.1) is 0 Å². The summed E-state index contributed by atoms with van der Waals surface area (Å²) in [6.07, 6.45) is 8.04. The van der Waals surface area contributed by atoms with Gasteiger partial charge in [0, 0.05) is 66.3 Å². The van der Waals surface area contributed by atoms with Crippen LogP contribution < -0.4 is 15.5 Å². The predicted octanol–water partition coefficient (Wildman–Crippen LogP) is 4.73. The van der Waals surface area contributed by atoms with E-state index in [2.05, 4.69) is 83.3 Å². The molecule has 167 valence electrons. The third-order valence-corrected chi connectivity index (χ3v) is 6.20. The lowest BCUT2D eigenvalue weighted by Gasteiger charge is -2.28. The average molecular weight is 440 g/mol. The molecule has 0 bridgehead atoms. The van der Waals surface area contributed by atoms with Crippen LogP contribution in [0.25, 0.3) is 16.9 Å². The normalized spacial score (nSPS) is 17.1. The van der Waals surface area contributed by atoms with Crippen LogP contribution in [0.2, 0.25) is 0 Å². The third kappa shape index (κ3) is 3.89. The van der Waals surface area contributed by atoms with Crippen LogP contribution in [-0.2, 0) is 4.74 Å². The summed E-state index contributed by atoms with van der Waals surface area (Å²) in [7, 11) is 0. The molecule has 0 unspecified atom stereocenters. The largest absolute Gasteiger partial charge is 0.379 e. The number of ether oxygens (including phenoxy) is 1. The zero-order chi connectivity index (χ0) is 22.4. The highest BCUT2D eigenvalue weighted by molar-refractivity contribution is 5.77. The molecular weight excluding hydrogens is 412 g/mol. The van der Waals surface area contributed by atoms with Crippen molar-refractivity contribution in [2.24, 2.45) is 0 Å². The fourth-order valence-electron chi connectivity index (χ4n) is 4.59. The summed E-state index contributed by atoms with van der Waals surface area (Å²) >= 11 is 0. The molecule has 1 fully saturated rings. The highest BCUT2D eigenvalue weighted by Gasteiger charge is 2.28. The number of imidazole rings is 1. The second-order valence-electron chi connectivity index (χ2n) is 9.20. The minimum atomic E-state index is -0.0389. The number of aromatic nitrogens is 3. The van der Waals surface area contributed by atoms with Crippen molar-refractivity contribution in [3.05, 3.63) is 73.0 Å². The lowest BCUT2D eigenvalue weighted by Crippen LogP contribution is -2.36. The Kier molecular flexibility index (Phi) is 4.73. The minimum absolute atomic E-state index is 0.0389. The first-order valence-electron chi connectivity index (χ1n) is 11.4. The summed E-state index contributed by atoms with van der Waals surface area (Å²) in [6, 6.07) is 14.9. The molecule has 0 saturated carbocycles. The van der Waals surface area contributed by atoms with Gasteiger partial charge in [-0.2, -0.15) is 0 Å². The van der Waals surface area contributed by atoms with Crippen LogP contribution in [0.4, 0.5) is 22.9 Å². The van der Waals surface area contributed by atoms with E-state index in [1.165, 1.54) is 11.3 Å². The van der Waals surface area contributed by atoms with Crippen molar-refractivity contribution in [2.45, 2.75) is 19.4 Å². The molecule has 0 spiro atoms. The van der Waals surface area contributed by atoms with Gasteiger partial charge in [0.15, 0.2) is 11.5 Å². The summed E-state index contributed by atoms with van der Waals surface area (Å²) in [5.41, 5.74) is 7.27. The van der Waals surface area contributed by atoms with Crippen molar-refractivity contribution in [3.8, 4) is 11.3 Å². The molecule has 0 aliphatic carbocycles. The summed E-state index contributed by atoms with van der Waals surface area (Å²) in [5.74, 6) is 0.733. The number of fused-ring (bicyclic) bond motifs is 2. The molecule has 2 N–H and O–H groups in total. The van der Waals surface area contributed by atoms with Gasteiger partial charge >= 0.3 is 0 Å². The van der Waals surface area contributed by atoms with E-state index in [9.17, 15) is 0 Å². The van der Waals surface area contributed by atoms with E-state index in [1.54, 1.807) is 6.20 Å². The molecule has 4 heterocycles. The van der Waals surface area contributed by atoms with Crippen LogP contribution in [-0.4, -0.2) is 46.2 Å². The molecule has 6 rings (SSSR count). The molecule has 0 amide bonds. The lowest BCUT2D eigenvalue weighted by molar-refractivity contribution is 0.122. The molecule has 7 heteroatoms. The number of nitrogens with one attached hydrogen (secondary N) is 2. The Morgan fingerprint density at radius 3 is 2.70 bits per heavy atom. The van der Waals surface area contributed by atoms with E-state index >= 15 is 0 Å². The van der Waals surface area contributed by atoms with Crippen LogP contribution in [0.5, 0.6) is 0 Å². The van der Waals surface area contributed by atoms with Crippen molar-refractivity contribution in [2.75, 3.05) is 41.8 Å². The van der Waals surface area contributed by atoms with E-state index in [0.717, 1.165) is 60.4 Å². The van der Waals surface area contributed by atoms with E-state index in [-0.39, 0.29) is 5.54 Å². The standard InChI is InChI=1S/C26H27N6O/c1-26(2)16-19-4-3-18(15-22(19)30-26)23-17-32-10-9-27-25(32)24(29-23)28-20-5-7-21(8-6-20)31-11-13-33-14-12-31/h3-10,15-17,30H,11-14H2,1-2H3,(H,28,29). The van der Waals surface area contributed by atoms with Crippen molar-refractivity contribution >= 4 is 28.5 Å². The third-order valence-electron chi connectivity index (χ3n) is 6.20. The van der Waals surface area contributed by atoms with E-state index in [0.29, 0.717) is 0 Å². The maximum Gasteiger partial charge on any atom is 0.180 e. The Morgan fingerprint density at radius 2 is 1.88 bits per heavy atom. The van der Waals surface area contributed by atoms with Gasteiger partial charge in [0.2, 0.25) is 0 Å². The lowest BCUT2D eigenvalue weighted by atomic mass is 10.00. The van der Waals surface area contributed by atoms with Crippen LogP contribution >= 0.6 is 0 Å². The smallest absolute Gasteiger partial charge is 0.180 e. The Bertz CT molecular complexity index is 1300. The van der Waals surface area contributed by atoms with Gasteiger partial charge in [-0.1, -0.05) is 12.1 Å². The van der Waals surface area contributed by atoms with Crippen molar-refractivity contribution in [3.63, 3.8) is 0 Å². The number of hydrogen-bond acceptors (Lipinski definition) is 6. The average Bonchev–Trinajstić information content (AvgIpc) is 3.42. The maximum absolute atomic E-state index is 5.46. The molecule has 4 aromatic rings.